The molecule has 3 N–H and O–H groups in total. The van der Waals surface area contributed by atoms with Crippen LogP contribution in [0.5, 0.6) is 0 Å². The number of carbonyl (C=O) groups is 1. The summed E-state index contributed by atoms with van der Waals surface area (Å²) in [6.07, 6.45) is 5.85. The van der Waals surface area contributed by atoms with E-state index in [-0.39, 0.29) is 5.91 Å². The van der Waals surface area contributed by atoms with Gasteiger partial charge >= 0.3 is 0 Å². The molecule has 1 amide bonds. The van der Waals surface area contributed by atoms with Crippen molar-refractivity contribution >= 4 is 11.6 Å². The van der Waals surface area contributed by atoms with E-state index in [0.29, 0.717) is 17.9 Å². The number of hydrogen-bond acceptors (Lipinski definition) is 4. The van der Waals surface area contributed by atoms with Gasteiger partial charge in [0.2, 0.25) is 5.91 Å². The van der Waals surface area contributed by atoms with Crippen LogP contribution in [0.3, 0.4) is 0 Å². The standard InChI is InChI=1S/C16H20N4O/c1-2-3-9-14(17)16(21)20-13-10-18-15(19-11-13)12-7-5-4-6-8-12/h4-8,10-11,14H,2-3,9,17H2,1H3,(H,20,21). The minimum absolute atomic E-state index is 0.195. The van der Waals surface area contributed by atoms with E-state index in [0.717, 1.165) is 18.4 Å². The molecule has 0 saturated carbocycles. The zero-order valence-electron chi connectivity index (χ0n) is 12.1. The second-order valence-electron chi connectivity index (χ2n) is 4.90. The normalized spacial score (nSPS) is 11.9. The largest absolute Gasteiger partial charge is 0.322 e. The summed E-state index contributed by atoms with van der Waals surface area (Å²) in [7, 11) is 0. The Morgan fingerprint density at radius 2 is 1.90 bits per heavy atom. The van der Waals surface area contributed by atoms with Crippen molar-refractivity contribution < 1.29 is 4.79 Å². The third-order valence-electron chi connectivity index (χ3n) is 3.16. The summed E-state index contributed by atoms with van der Waals surface area (Å²) in [6.45, 7) is 2.07. The van der Waals surface area contributed by atoms with E-state index in [1.165, 1.54) is 0 Å². The maximum atomic E-state index is 11.9. The lowest BCUT2D eigenvalue weighted by Crippen LogP contribution is -2.35. The monoisotopic (exact) mass is 284 g/mol. The Labute approximate surface area is 124 Å². The molecule has 0 bridgehead atoms. The SMILES string of the molecule is CCCCC(N)C(=O)Nc1cnc(-c2ccccc2)nc1. The molecule has 0 radical (unpaired) electrons. The van der Waals surface area contributed by atoms with Crippen molar-refractivity contribution in [2.45, 2.75) is 32.2 Å². The summed E-state index contributed by atoms with van der Waals surface area (Å²) in [4.78, 5) is 20.4. The van der Waals surface area contributed by atoms with Gasteiger partial charge < -0.3 is 11.1 Å². The van der Waals surface area contributed by atoms with Crippen molar-refractivity contribution in [3.05, 3.63) is 42.7 Å². The quantitative estimate of drug-likeness (QED) is 0.854. The molecule has 110 valence electrons. The van der Waals surface area contributed by atoms with Gasteiger partial charge in [-0.3, -0.25) is 4.79 Å². The van der Waals surface area contributed by atoms with Crippen LogP contribution < -0.4 is 11.1 Å². The summed E-state index contributed by atoms with van der Waals surface area (Å²) >= 11 is 0. The highest BCUT2D eigenvalue weighted by atomic mass is 16.2. The number of amides is 1. The van der Waals surface area contributed by atoms with Crippen molar-refractivity contribution in [3.8, 4) is 11.4 Å². The highest BCUT2D eigenvalue weighted by Crippen LogP contribution is 2.15. The van der Waals surface area contributed by atoms with Crippen molar-refractivity contribution in [1.29, 1.82) is 0 Å². The molecule has 1 atom stereocenters. The third-order valence-corrected chi connectivity index (χ3v) is 3.16. The van der Waals surface area contributed by atoms with E-state index in [9.17, 15) is 4.79 Å². The Morgan fingerprint density at radius 3 is 2.52 bits per heavy atom. The number of nitrogens with two attached hydrogens (primary N) is 1. The first-order valence-corrected chi connectivity index (χ1v) is 7.14. The van der Waals surface area contributed by atoms with Crippen LogP contribution in [0.2, 0.25) is 0 Å². The van der Waals surface area contributed by atoms with Crippen LogP contribution in [0.1, 0.15) is 26.2 Å². The molecule has 2 rings (SSSR count). The fourth-order valence-corrected chi connectivity index (χ4v) is 1.92. The number of benzene rings is 1. The third kappa shape index (κ3) is 4.36. The van der Waals surface area contributed by atoms with Crippen LogP contribution in [-0.4, -0.2) is 21.9 Å². The number of nitrogens with one attached hydrogen (secondary N) is 1. The summed E-state index contributed by atoms with van der Waals surface area (Å²) < 4.78 is 0. The number of hydrogen-bond donors (Lipinski definition) is 2. The van der Waals surface area contributed by atoms with Crippen molar-refractivity contribution in [1.82, 2.24) is 9.97 Å². The van der Waals surface area contributed by atoms with Crippen LogP contribution in [0.4, 0.5) is 5.69 Å². The summed E-state index contributed by atoms with van der Waals surface area (Å²) in [5.74, 6) is 0.434. The highest BCUT2D eigenvalue weighted by Gasteiger charge is 2.13. The van der Waals surface area contributed by atoms with Crippen LogP contribution in [0, 0.1) is 0 Å². The smallest absolute Gasteiger partial charge is 0.241 e. The lowest BCUT2D eigenvalue weighted by molar-refractivity contribution is -0.117. The Hall–Kier alpha value is -2.27. The molecular formula is C16H20N4O. The van der Waals surface area contributed by atoms with E-state index in [4.69, 9.17) is 5.73 Å². The molecule has 21 heavy (non-hydrogen) atoms. The Balaban J connectivity index is 1.98. The van der Waals surface area contributed by atoms with Gasteiger partial charge in [0.1, 0.15) is 0 Å². The molecule has 0 aliphatic rings. The first-order valence-electron chi connectivity index (χ1n) is 7.14. The fourth-order valence-electron chi connectivity index (χ4n) is 1.92. The molecule has 1 aromatic heterocycles. The van der Waals surface area contributed by atoms with Crippen molar-refractivity contribution in [2.75, 3.05) is 5.32 Å². The lowest BCUT2D eigenvalue weighted by Gasteiger charge is -2.11. The van der Waals surface area contributed by atoms with Crippen LogP contribution in [0.15, 0.2) is 42.7 Å². The number of aromatic nitrogens is 2. The minimum atomic E-state index is -0.487. The zero-order chi connectivity index (χ0) is 15.1. The first-order chi connectivity index (χ1) is 10.2. The first kappa shape index (κ1) is 15.1. The van der Waals surface area contributed by atoms with E-state index in [1.807, 2.05) is 30.3 Å². The Morgan fingerprint density at radius 1 is 1.24 bits per heavy atom. The highest BCUT2D eigenvalue weighted by molar-refractivity contribution is 5.94. The number of rotatable bonds is 6. The second-order valence-corrected chi connectivity index (χ2v) is 4.90. The van der Waals surface area contributed by atoms with Gasteiger partial charge in [0.15, 0.2) is 5.82 Å². The second kappa shape index (κ2) is 7.50. The minimum Gasteiger partial charge on any atom is -0.322 e. The number of carbonyl (C=O) groups excluding carboxylic acids is 1. The van der Waals surface area contributed by atoms with E-state index in [2.05, 4.69) is 22.2 Å². The predicted octanol–water partition coefficient (Wildman–Crippen LogP) is 2.60. The van der Waals surface area contributed by atoms with Gasteiger partial charge in [-0.2, -0.15) is 0 Å². The molecule has 1 aromatic carbocycles. The van der Waals surface area contributed by atoms with E-state index in [1.54, 1.807) is 12.4 Å². The predicted molar refractivity (Wildman–Crippen MR) is 83.6 cm³/mol. The topological polar surface area (TPSA) is 80.9 Å². The average Bonchev–Trinajstić information content (AvgIpc) is 2.54. The summed E-state index contributed by atoms with van der Waals surface area (Å²) in [6, 6.07) is 9.19. The van der Waals surface area contributed by atoms with Gasteiger partial charge in [-0.15, -0.1) is 0 Å². The molecule has 0 saturated heterocycles. The van der Waals surface area contributed by atoms with Gasteiger partial charge in [-0.1, -0.05) is 50.1 Å². The lowest BCUT2D eigenvalue weighted by atomic mass is 10.1. The maximum absolute atomic E-state index is 11.9. The molecule has 0 fully saturated rings. The molecule has 0 aliphatic carbocycles. The zero-order valence-corrected chi connectivity index (χ0v) is 12.1. The Bertz CT molecular complexity index is 569. The van der Waals surface area contributed by atoms with Gasteiger partial charge in [0.25, 0.3) is 0 Å². The average molecular weight is 284 g/mol. The molecular weight excluding hydrogens is 264 g/mol. The van der Waals surface area contributed by atoms with Gasteiger partial charge in [-0.25, -0.2) is 9.97 Å². The van der Waals surface area contributed by atoms with Crippen molar-refractivity contribution in [2.24, 2.45) is 5.73 Å². The summed E-state index contributed by atoms with van der Waals surface area (Å²) in [5, 5.41) is 2.74. The summed E-state index contributed by atoms with van der Waals surface area (Å²) in [5.41, 5.74) is 7.32. The van der Waals surface area contributed by atoms with Gasteiger partial charge in [0, 0.05) is 5.56 Å². The molecule has 5 heteroatoms. The molecule has 1 heterocycles. The van der Waals surface area contributed by atoms with Gasteiger partial charge in [0.05, 0.1) is 24.1 Å². The molecule has 0 aliphatic heterocycles. The Kier molecular flexibility index (Phi) is 5.40. The van der Waals surface area contributed by atoms with E-state index < -0.39 is 6.04 Å². The number of unbranched alkanes of at least 4 members (excludes halogenated alkanes) is 1. The molecule has 5 nitrogen and oxygen atoms in total. The van der Waals surface area contributed by atoms with Crippen molar-refractivity contribution in [3.63, 3.8) is 0 Å². The van der Waals surface area contributed by atoms with Crippen LogP contribution in [-0.2, 0) is 4.79 Å². The maximum Gasteiger partial charge on any atom is 0.241 e. The number of nitrogens with zero attached hydrogens (tertiary/aromatic N) is 2. The van der Waals surface area contributed by atoms with E-state index >= 15 is 0 Å². The fraction of sp³-hybridized carbons (Fsp3) is 0.312. The van der Waals surface area contributed by atoms with Gasteiger partial charge in [-0.05, 0) is 6.42 Å². The molecule has 2 aromatic rings. The number of anilines is 1. The van der Waals surface area contributed by atoms with Crippen LogP contribution in [0.25, 0.3) is 11.4 Å². The molecule has 0 spiro atoms. The van der Waals surface area contributed by atoms with Crippen LogP contribution >= 0.6 is 0 Å². The molecule has 1 unspecified atom stereocenters.